The van der Waals surface area contributed by atoms with Crippen molar-refractivity contribution in [2.45, 2.75) is 201 Å². The van der Waals surface area contributed by atoms with Gasteiger partial charge in [-0.2, -0.15) is 0 Å². The highest BCUT2D eigenvalue weighted by Crippen LogP contribution is 2.30. The number of hydrogen-bond donors (Lipinski definition) is 9. The van der Waals surface area contributed by atoms with Gasteiger partial charge < -0.3 is 72.1 Å². The van der Waals surface area contributed by atoms with Gasteiger partial charge in [0.25, 0.3) is 0 Å². The van der Waals surface area contributed by atoms with Crippen molar-refractivity contribution in [1.82, 2.24) is 46.6 Å². The van der Waals surface area contributed by atoms with Crippen LogP contribution in [0.2, 0.25) is 0 Å². The van der Waals surface area contributed by atoms with Crippen LogP contribution in [0.1, 0.15) is 151 Å². The zero-order valence-corrected chi connectivity index (χ0v) is 58.1. The van der Waals surface area contributed by atoms with Gasteiger partial charge in [0.2, 0.25) is 47.3 Å². The van der Waals surface area contributed by atoms with Crippen LogP contribution in [-0.2, 0) is 59.2 Å². The molecule has 1 saturated heterocycles. The number of ether oxygens (including phenoxy) is 3. The Bertz CT molecular complexity index is 2690. The first kappa shape index (κ1) is 79.3. The van der Waals surface area contributed by atoms with Crippen molar-refractivity contribution < 1.29 is 67.3 Å². The Labute approximate surface area is 552 Å². The summed E-state index contributed by atoms with van der Waals surface area (Å²) in [6.07, 6.45) is 1.08. The number of carbonyl (C=O) groups is 10. The molecule has 0 aromatic heterocycles. The van der Waals surface area contributed by atoms with Crippen molar-refractivity contribution in [1.29, 1.82) is 0 Å². The van der Waals surface area contributed by atoms with E-state index in [1.165, 1.54) is 26.2 Å². The predicted octanol–water partition coefficient (Wildman–Crippen LogP) is 5.66. The van der Waals surface area contributed by atoms with Gasteiger partial charge in [-0.1, -0.05) is 134 Å². The van der Waals surface area contributed by atoms with Crippen LogP contribution in [0.15, 0.2) is 54.6 Å². The standard InChI is InChI=1S/C66H106BrN11O14/c1-15-42(8)57(50(90-13)36-53(81)78-35-23-27-49(78)59(91-14)43(9)60(83)71-44(10)58(82)46-24-18-16-19-25-46)76(11)64(87)55(40(4)5)75-63(86)56(41(6)7)77(12)66(89)92-38-45-29-31-47(32-30-45)72-61(84)48(26-22-34-70-65(68)88)73-62(85)54(39(2)3)74-51(79)28-20-17-21-33-69-52(80)37-67/h16,18-19,24-25,29-32,39-44,48-50,54-59,82H,15,17,20-23,26-28,33-38H2,1-14H3,(H,69,80)(H,71,83)(H,72,84)(H,73,85)(H,74,79)(H,75,86)(H3,68,70,88)/t42?,43-,44-,48+,49+,50-,54+,55+,56+,57+,58-,59-/m1/s1. The van der Waals surface area contributed by atoms with Crippen LogP contribution >= 0.6 is 15.9 Å². The summed E-state index contributed by atoms with van der Waals surface area (Å²) in [6.45, 7) is 18.9. The number of aliphatic hydroxyl groups excluding tert-OH is 1. The number of urea groups is 1. The number of amides is 11. The number of rotatable bonds is 39. The van der Waals surface area contributed by atoms with E-state index in [2.05, 4.69) is 53.1 Å². The smallest absolute Gasteiger partial charge is 0.410 e. The molecule has 0 bridgehead atoms. The number of benzene rings is 2. The summed E-state index contributed by atoms with van der Waals surface area (Å²) in [5, 5.41) is 30.6. The molecule has 1 unspecified atom stereocenters. The van der Waals surface area contributed by atoms with Crippen molar-refractivity contribution >= 4 is 81.0 Å². The molecule has 0 saturated carbocycles. The van der Waals surface area contributed by atoms with Crippen LogP contribution in [0, 0.1) is 29.6 Å². The number of alkyl halides is 1. The van der Waals surface area contributed by atoms with Crippen molar-refractivity contribution in [2.24, 2.45) is 35.3 Å². The third-order valence-electron chi connectivity index (χ3n) is 17.1. The minimum absolute atomic E-state index is 0.0879. The van der Waals surface area contributed by atoms with Gasteiger partial charge in [0.05, 0.1) is 54.1 Å². The Kier molecular flexibility index (Phi) is 34.7. The van der Waals surface area contributed by atoms with E-state index in [0.29, 0.717) is 68.4 Å². The molecule has 0 radical (unpaired) electrons. The Morgan fingerprint density at radius 3 is 1.92 bits per heavy atom. The number of methoxy groups -OCH3 is 2. The van der Waals surface area contributed by atoms with Crippen LogP contribution in [0.3, 0.4) is 0 Å². The van der Waals surface area contributed by atoms with Gasteiger partial charge in [0.1, 0.15) is 30.8 Å². The van der Waals surface area contributed by atoms with Crippen LogP contribution < -0.4 is 43.0 Å². The minimum atomic E-state index is -1.09. The molecule has 1 aliphatic rings. The second-order valence-corrected chi connectivity index (χ2v) is 25.7. The zero-order valence-electron chi connectivity index (χ0n) is 56.5. The van der Waals surface area contributed by atoms with E-state index < -0.39 is 114 Å². The fraction of sp³-hybridized carbons (Fsp3) is 0.667. The Morgan fingerprint density at radius 2 is 1.35 bits per heavy atom. The molecule has 1 aliphatic heterocycles. The van der Waals surface area contributed by atoms with Crippen molar-refractivity contribution in [2.75, 3.05) is 58.6 Å². The maximum absolute atomic E-state index is 14.8. The molecular formula is C66H106BrN11O14. The average molecular weight is 1360 g/mol. The normalized spacial score (nSPS) is 16.7. The predicted molar refractivity (Wildman–Crippen MR) is 354 cm³/mol. The number of nitrogens with two attached hydrogens (primary N) is 1. The molecule has 10 N–H and O–H groups in total. The number of likely N-dealkylation sites (N-methyl/N-ethyl adjacent to an activating group) is 2. The van der Waals surface area contributed by atoms with E-state index in [-0.39, 0.29) is 79.6 Å². The van der Waals surface area contributed by atoms with E-state index in [1.807, 2.05) is 32.0 Å². The van der Waals surface area contributed by atoms with Crippen LogP contribution in [0.4, 0.5) is 15.3 Å². The summed E-state index contributed by atoms with van der Waals surface area (Å²) in [6, 6.07) is 8.90. The fourth-order valence-corrected chi connectivity index (χ4v) is 11.7. The van der Waals surface area contributed by atoms with Gasteiger partial charge in [-0.25, -0.2) is 9.59 Å². The van der Waals surface area contributed by atoms with Gasteiger partial charge in [-0.05, 0) is 92.4 Å². The van der Waals surface area contributed by atoms with Gasteiger partial charge in [0, 0.05) is 60.1 Å². The van der Waals surface area contributed by atoms with Crippen molar-refractivity contribution in [3.63, 3.8) is 0 Å². The second kappa shape index (κ2) is 40.3. The summed E-state index contributed by atoms with van der Waals surface area (Å²) >= 11 is 3.10. The van der Waals surface area contributed by atoms with E-state index in [0.717, 1.165) is 0 Å². The number of primary amides is 1. The zero-order chi connectivity index (χ0) is 68.9. The largest absolute Gasteiger partial charge is 0.445 e. The monoisotopic (exact) mass is 1360 g/mol. The number of aliphatic hydroxyl groups is 1. The highest BCUT2D eigenvalue weighted by Gasteiger charge is 2.44. The average Bonchev–Trinajstić information content (AvgIpc) is 2.06. The van der Waals surface area contributed by atoms with Crippen LogP contribution in [0.25, 0.3) is 0 Å². The molecule has 25 nitrogen and oxygen atoms in total. The van der Waals surface area contributed by atoms with E-state index in [4.69, 9.17) is 19.9 Å². The molecule has 11 amide bonds. The van der Waals surface area contributed by atoms with Gasteiger partial charge >= 0.3 is 12.1 Å². The number of carbonyl (C=O) groups excluding carboxylic acids is 10. The van der Waals surface area contributed by atoms with Crippen molar-refractivity contribution in [3.8, 4) is 0 Å². The maximum atomic E-state index is 14.8. The number of nitrogens with one attached hydrogen (secondary N) is 7. The first-order valence-corrected chi connectivity index (χ1v) is 33.4. The summed E-state index contributed by atoms with van der Waals surface area (Å²) < 4.78 is 17.8. The molecule has 26 heteroatoms. The molecule has 2 aromatic rings. The maximum Gasteiger partial charge on any atom is 0.410 e. The molecule has 0 aliphatic carbocycles. The van der Waals surface area contributed by atoms with Gasteiger partial charge in [-0.3, -0.25) is 43.3 Å². The first-order valence-electron chi connectivity index (χ1n) is 32.2. The van der Waals surface area contributed by atoms with Gasteiger partial charge in [0.15, 0.2) is 0 Å². The van der Waals surface area contributed by atoms with Crippen LogP contribution in [0.5, 0.6) is 0 Å². The van der Waals surface area contributed by atoms with Crippen LogP contribution in [-0.4, -0.2) is 187 Å². The SMILES string of the molecule is CCC(C)[C@@H]([C@@H](CC(=O)N1CCC[C@H]1[C@H](OC)[C@@H](C)C(=O)N[C@H](C)[C@@H](O)c1ccccc1)OC)N(C)C(=O)[C@@H](NC(=O)[C@H](C(C)C)N(C)C(=O)OCc1ccc(NC(=O)[C@H](CCCNC(N)=O)NC(=O)[C@@H](NC(=O)CCCCCNC(=O)CBr)C(C)C)cc1)C(C)C. The number of nitrogens with zero attached hydrogens (tertiary/aromatic N) is 3. The number of likely N-dealkylation sites (tertiary alicyclic amines) is 1. The number of anilines is 1. The van der Waals surface area contributed by atoms with Crippen molar-refractivity contribution in [3.05, 3.63) is 65.7 Å². The molecule has 1 fully saturated rings. The number of halogens is 1. The molecule has 3 rings (SSSR count). The Hall–Kier alpha value is -6.90. The molecule has 516 valence electrons. The van der Waals surface area contributed by atoms with E-state index >= 15 is 0 Å². The third-order valence-corrected chi connectivity index (χ3v) is 17.6. The minimum Gasteiger partial charge on any atom is -0.445 e. The third kappa shape index (κ3) is 24.9. The lowest BCUT2D eigenvalue weighted by atomic mass is 9.89. The highest BCUT2D eigenvalue weighted by molar-refractivity contribution is 9.09. The molecule has 92 heavy (non-hydrogen) atoms. The molecule has 12 atom stereocenters. The summed E-state index contributed by atoms with van der Waals surface area (Å²) in [5.41, 5.74) is 6.80. The first-order chi connectivity index (χ1) is 43.5. The van der Waals surface area contributed by atoms with Gasteiger partial charge in [-0.15, -0.1) is 0 Å². The number of unbranched alkanes of at least 4 members (excludes halogenated alkanes) is 2. The Balaban J connectivity index is 1.69. The number of hydrogen-bond acceptors (Lipinski definition) is 14. The topological polar surface area (TPSA) is 339 Å². The lowest BCUT2D eigenvalue weighted by Crippen LogP contribution is -2.60. The lowest BCUT2D eigenvalue weighted by Gasteiger charge is -2.41. The Morgan fingerprint density at radius 1 is 0.707 bits per heavy atom. The molecule has 2 aromatic carbocycles. The second-order valence-electron chi connectivity index (χ2n) is 25.1. The van der Waals surface area contributed by atoms with E-state index in [1.54, 1.807) is 109 Å². The molecular weight excluding hydrogens is 1250 g/mol. The summed E-state index contributed by atoms with van der Waals surface area (Å²) in [7, 11) is 6.09. The molecule has 1 heterocycles. The summed E-state index contributed by atoms with van der Waals surface area (Å²) in [4.78, 5) is 139. The van der Waals surface area contributed by atoms with E-state index in [9.17, 15) is 53.1 Å². The fourth-order valence-electron chi connectivity index (χ4n) is 11.5. The highest BCUT2D eigenvalue weighted by atomic mass is 79.9. The summed E-state index contributed by atoms with van der Waals surface area (Å²) in [5.74, 6) is -5.21. The quantitative estimate of drug-likeness (QED) is 0.0288. The lowest BCUT2D eigenvalue weighted by molar-refractivity contribution is -0.148. The molecule has 0 spiro atoms.